The van der Waals surface area contributed by atoms with Gasteiger partial charge in [-0.15, -0.1) is 0 Å². The van der Waals surface area contributed by atoms with Crippen LogP contribution in [-0.4, -0.2) is 36.5 Å². The number of piperidine rings is 2. The van der Waals surface area contributed by atoms with Crippen molar-refractivity contribution in [1.82, 2.24) is 10.2 Å². The fourth-order valence-electron chi connectivity index (χ4n) is 3.55. The first-order valence-corrected chi connectivity index (χ1v) is 7.62. The van der Waals surface area contributed by atoms with Crippen molar-refractivity contribution in [1.29, 1.82) is 0 Å². The summed E-state index contributed by atoms with van der Waals surface area (Å²) in [4.78, 5) is 15.1. The van der Waals surface area contributed by atoms with Crippen molar-refractivity contribution in [2.24, 2.45) is 11.3 Å². The quantitative estimate of drug-likeness (QED) is 0.818. The van der Waals surface area contributed by atoms with E-state index in [9.17, 15) is 4.79 Å². The summed E-state index contributed by atoms with van der Waals surface area (Å²) in [6.07, 6.45) is 5.46. The third-order valence-electron chi connectivity index (χ3n) is 5.33. The van der Waals surface area contributed by atoms with Gasteiger partial charge in [-0.05, 0) is 58.0 Å². The van der Waals surface area contributed by atoms with E-state index in [0.29, 0.717) is 17.9 Å². The van der Waals surface area contributed by atoms with Crippen LogP contribution < -0.4 is 5.32 Å². The third-order valence-corrected chi connectivity index (χ3v) is 5.33. The summed E-state index contributed by atoms with van der Waals surface area (Å²) in [6.45, 7) is 9.66. The molecule has 2 saturated heterocycles. The fourth-order valence-corrected chi connectivity index (χ4v) is 3.55. The molecule has 0 saturated carbocycles. The van der Waals surface area contributed by atoms with Crippen LogP contribution in [0.2, 0.25) is 0 Å². The van der Waals surface area contributed by atoms with E-state index in [0.717, 1.165) is 38.9 Å². The SMILES string of the molecule is CCC1(C(=O)N2CCCC(C)C2C)CCNCC1. The summed E-state index contributed by atoms with van der Waals surface area (Å²) in [6, 6.07) is 0.421. The Bertz CT molecular complexity index is 297. The zero-order valence-electron chi connectivity index (χ0n) is 12.2. The van der Waals surface area contributed by atoms with Crippen LogP contribution in [0.4, 0.5) is 0 Å². The molecule has 2 heterocycles. The second kappa shape index (κ2) is 5.60. The number of hydrogen-bond donors (Lipinski definition) is 1. The van der Waals surface area contributed by atoms with E-state index in [1.54, 1.807) is 0 Å². The van der Waals surface area contributed by atoms with E-state index in [2.05, 4.69) is 31.0 Å². The first-order chi connectivity index (χ1) is 8.60. The number of carbonyl (C=O) groups is 1. The summed E-state index contributed by atoms with van der Waals surface area (Å²) >= 11 is 0. The van der Waals surface area contributed by atoms with Gasteiger partial charge in [0.25, 0.3) is 0 Å². The lowest BCUT2D eigenvalue weighted by atomic mass is 9.74. The van der Waals surface area contributed by atoms with E-state index >= 15 is 0 Å². The maximum atomic E-state index is 13.0. The van der Waals surface area contributed by atoms with Crippen LogP contribution in [0.1, 0.15) is 52.9 Å². The zero-order valence-corrected chi connectivity index (χ0v) is 12.2. The molecular weight excluding hydrogens is 224 g/mol. The molecule has 104 valence electrons. The molecule has 18 heavy (non-hydrogen) atoms. The lowest BCUT2D eigenvalue weighted by molar-refractivity contribution is -0.149. The van der Waals surface area contributed by atoms with Gasteiger partial charge >= 0.3 is 0 Å². The van der Waals surface area contributed by atoms with E-state index in [4.69, 9.17) is 0 Å². The summed E-state index contributed by atoms with van der Waals surface area (Å²) in [5.74, 6) is 1.09. The molecule has 0 aliphatic carbocycles. The highest BCUT2D eigenvalue weighted by Crippen LogP contribution is 2.37. The number of hydrogen-bond acceptors (Lipinski definition) is 2. The van der Waals surface area contributed by atoms with Gasteiger partial charge < -0.3 is 10.2 Å². The molecule has 0 aromatic heterocycles. The van der Waals surface area contributed by atoms with Crippen molar-refractivity contribution in [3.05, 3.63) is 0 Å². The van der Waals surface area contributed by atoms with Crippen molar-refractivity contribution in [3.63, 3.8) is 0 Å². The highest BCUT2D eigenvalue weighted by molar-refractivity contribution is 5.83. The molecule has 0 aromatic rings. The lowest BCUT2D eigenvalue weighted by Gasteiger charge is -2.45. The molecule has 1 N–H and O–H groups in total. The molecule has 2 fully saturated rings. The third kappa shape index (κ3) is 2.42. The maximum absolute atomic E-state index is 13.0. The van der Waals surface area contributed by atoms with Crippen molar-refractivity contribution >= 4 is 5.91 Å². The van der Waals surface area contributed by atoms with Crippen molar-refractivity contribution in [2.45, 2.75) is 58.9 Å². The van der Waals surface area contributed by atoms with Crippen LogP contribution >= 0.6 is 0 Å². The van der Waals surface area contributed by atoms with E-state index in [-0.39, 0.29) is 5.41 Å². The number of likely N-dealkylation sites (tertiary alicyclic amines) is 1. The molecular formula is C15H28N2O. The number of rotatable bonds is 2. The topological polar surface area (TPSA) is 32.3 Å². The second-order valence-electron chi connectivity index (χ2n) is 6.24. The highest BCUT2D eigenvalue weighted by Gasteiger charge is 2.42. The van der Waals surface area contributed by atoms with Crippen molar-refractivity contribution < 1.29 is 4.79 Å². The van der Waals surface area contributed by atoms with Crippen LogP contribution in [0, 0.1) is 11.3 Å². The minimum absolute atomic E-state index is 0.0728. The Balaban J connectivity index is 2.12. The number of nitrogens with zero attached hydrogens (tertiary/aromatic N) is 1. The summed E-state index contributed by atoms with van der Waals surface area (Å²) in [7, 11) is 0. The molecule has 2 atom stereocenters. The maximum Gasteiger partial charge on any atom is 0.229 e. The molecule has 2 unspecified atom stereocenters. The van der Waals surface area contributed by atoms with Gasteiger partial charge in [-0.2, -0.15) is 0 Å². The summed E-state index contributed by atoms with van der Waals surface area (Å²) < 4.78 is 0. The predicted octanol–water partition coefficient (Wildman–Crippen LogP) is 2.41. The Morgan fingerprint density at radius 3 is 2.61 bits per heavy atom. The van der Waals surface area contributed by atoms with Gasteiger partial charge in [0.15, 0.2) is 0 Å². The monoisotopic (exact) mass is 252 g/mol. The number of nitrogens with one attached hydrogen (secondary N) is 1. The second-order valence-corrected chi connectivity index (χ2v) is 6.24. The standard InChI is InChI=1S/C15H28N2O/c1-4-15(7-9-16-10-8-15)14(18)17-11-5-6-12(2)13(17)3/h12-13,16H,4-11H2,1-3H3. The highest BCUT2D eigenvalue weighted by atomic mass is 16.2. The summed E-state index contributed by atoms with van der Waals surface area (Å²) in [5.41, 5.74) is -0.0728. The summed E-state index contributed by atoms with van der Waals surface area (Å²) in [5, 5.41) is 3.38. The minimum Gasteiger partial charge on any atom is -0.339 e. The molecule has 0 spiro atoms. The van der Waals surface area contributed by atoms with Crippen LogP contribution in [0.15, 0.2) is 0 Å². The molecule has 2 aliphatic heterocycles. The minimum atomic E-state index is -0.0728. The van der Waals surface area contributed by atoms with Crippen molar-refractivity contribution in [2.75, 3.05) is 19.6 Å². The van der Waals surface area contributed by atoms with Crippen LogP contribution in [0.3, 0.4) is 0 Å². The Kier molecular flexibility index (Phi) is 4.31. The molecule has 0 radical (unpaired) electrons. The first-order valence-electron chi connectivity index (χ1n) is 7.62. The molecule has 3 heteroatoms. The van der Waals surface area contributed by atoms with E-state index < -0.39 is 0 Å². The van der Waals surface area contributed by atoms with Gasteiger partial charge in [0, 0.05) is 12.6 Å². The zero-order chi connectivity index (χ0) is 13.2. The molecule has 2 aliphatic rings. The molecule has 0 bridgehead atoms. The van der Waals surface area contributed by atoms with Crippen LogP contribution in [-0.2, 0) is 4.79 Å². The van der Waals surface area contributed by atoms with E-state index in [1.165, 1.54) is 12.8 Å². The Morgan fingerprint density at radius 2 is 2.00 bits per heavy atom. The van der Waals surface area contributed by atoms with Gasteiger partial charge in [0.05, 0.1) is 5.41 Å². The fraction of sp³-hybridized carbons (Fsp3) is 0.933. The van der Waals surface area contributed by atoms with Crippen molar-refractivity contribution in [3.8, 4) is 0 Å². The van der Waals surface area contributed by atoms with Gasteiger partial charge in [-0.25, -0.2) is 0 Å². The molecule has 3 nitrogen and oxygen atoms in total. The Morgan fingerprint density at radius 1 is 1.33 bits per heavy atom. The molecule has 2 rings (SSSR count). The smallest absolute Gasteiger partial charge is 0.229 e. The number of carbonyl (C=O) groups excluding carboxylic acids is 1. The predicted molar refractivity (Wildman–Crippen MR) is 74.4 cm³/mol. The lowest BCUT2D eigenvalue weighted by Crippen LogP contribution is -2.54. The molecule has 0 aromatic carbocycles. The molecule has 1 amide bonds. The average Bonchev–Trinajstić information content (AvgIpc) is 2.42. The van der Waals surface area contributed by atoms with E-state index in [1.807, 2.05) is 0 Å². The first kappa shape index (κ1) is 13.9. The van der Waals surface area contributed by atoms with Gasteiger partial charge in [-0.3, -0.25) is 4.79 Å². The number of amides is 1. The average molecular weight is 252 g/mol. The van der Waals surface area contributed by atoms with Crippen LogP contribution in [0.5, 0.6) is 0 Å². The Hall–Kier alpha value is -0.570. The van der Waals surface area contributed by atoms with Gasteiger partial charge in [0.1, 0.15) is 0 Å². The normalized spacial score (nSPS) is 32.3. The van der Waals surface area contributed by atoms with Gasteiger partial charge in [0.2, 0.25) is 5.91 Å². The van der Waals surface area contributed by atoms with Gasteiger partial charge in [-0.1, -0.05) is 13.8 Å². The largest absolute Gasteiger partial charge is 0.339 e. The van der Waals surface area contributed by atoms with Crippen LogP contribution in [0.25, 0.3) is 0 Å². The Labute approximate surface area is 111 Å².